The van der Waals surface area contributed by atoms with Gasteiger partial charge in [-0.05, 0) is 237 Å². The van der Waals surface area contributed by atoms with Crippen LogP contribution in [-0.2, 0) is 18.3 Å². The van der Waals surface area contributed by atoms with Crippen LogP contribution in [0.25, 0.3) is 66.8 Å². The van der Waals surface area contributed by atoms with Crippen molar-refractivity contribution in [2.45, 2.75) is 0 Å². The van der Waals surface area contributed by atoms with Crippen molar-refractivity contribution in [1.82, 2.24) is 0 Å². The smallest absolute Gasteiger partial charge is 0.270 e. The van der Waals surface area contributed by atoms with Crippen molar-refractivity contribution in [3.05, 3.63) is 534 Å². The molecule has 136 heavy (non-hydrogen) atoms. The van der Waals surface area contributed by atoms with Crippen LogP contribution in [-0.4, -0.2) is 0 Å². The van der Waals surface area contributed by atoms with Gasteiger partial charge in [-0.3, -0.25) is 55.6 Å². The van der Waals surface area contributed by atoms with E-state index in [2.05, 4.69) is 201 Å². The zero-order chi connectivity index (χ0) is 91.3. The molecule has 0 amide bonds. The third-order valence-corrected chi connectivity index (χ3v) is 37.7. The predicted octanol–water partition coefficient (Wildman–Crippen LogP) is 32.6. The molecule has 0 radical (unpaired) electrons. The SMILES string of the molecule is O=P1(c2ccccc2-c2ccccc2P2(=O)N(c3cccc(-c4ccccc4)c3)c3ccccc3N2c2cccc(-c3ccccc3)c2)N(c2cccc(-c3ccccc3)c2)c2ccccc2N1c1cccc(-c2ccccc2)c1.O=P1(c2ccccc2-c2ccccc2P2(=O)N(c3ccccc3)c3ccccc3N2c2ccccc2)N(c2ccccc2)c2ccccc2N1c1ccccc1. The molecule has 12 nitrogen and oxygen atoms in total. The van der Waals surface area contributed by atoms with Gasteiger partial charge in [-0.15, -0.1) is 0 Å². The van der Waals surface area contributed by atoms with E-state index >= 15 is 18.3 Å². The maximum atomic E-state index is 18.2. The van der Waals surface area contributed by atoms with Crippen LogP contribution >= 0.6 is 29.8 Å². The third-order valence-electron chi connectivity index (χ3n) is 25.8. The normalized spacial score (nSPS) is 14.4. The lowest BCUT2D eigenvalue weighted by atomic mass is 10.0. The highest BCUT2D eigenvalue weighted by molar-refractivity contribution is 7.78. The standard InChI is InChI=1S/C72H52N4O2P2.C48H36N4O2P2/c77-79(73(61-37-21-33-57(49-61)53-25-5-1-6-26-53)67-43-15-16-44-68(67)74(79)62-38-22-34-58(50-62)54-27-7-2-8-28-54)71-47-19-13-41-65(71)66-42-14-20-48-72(66)80(78)75(63-39-23-35-59(51-63)55-29-9-3-10-30-55)69-45-17-18-46-70(69)76(80)64-40-24-36-60(52-64)56-31-11-4-12-32-56;53-55(49(37-21-5-1-6-22-37)43-31-15-16-32-44(43)50(55)38-23-7-2-8-24-38)47-35-19-13-29-41(47)42-30-14-20-36-48(42)56(54)51(39-25-9-3-10-26-39)45-33-17-18-34-46(45)52(56)40-27-11-4-12-28-40/h1-52H;1-36H. The molecule has 0 saturated carbocycles. The summed E-state index contributed by atoms with van der Waals surface area (Å²) in [4.78, 5) is 0. The highest BCUT2D eigenvalue weighted by Crippen LogP contribution is 2.76. The number of hydrogen-bond acceptors (Lipinski definition) is 4. The fourth-order valence-corrected chi connectivity index (χ4v) is 32.8. The molecule has 0 fully saturated rings. The summed E-state index contributed by atoms with van der Waals surface area (Å²) in [7, 11) is -15.8. The van der Waals surface area contributed by atoms with Gasteiger partial charge in [0, 0.05) is 22.7 Å². The van der Waals surface area contributed by atoms with Gasteiger partial charge in [-0.25, -0.2) is 0 Å². The van der Waals surface area contributed by atoms with E-state index in [1.807, 2.05) is 371 Å². The summed E-state index contributed by atoms with van der Waals surface area (Å²) in [6, 6.07) is 179. The number of benzene rings is 20. The van der Waals surface area contributed by atoms with E-state index in [1.165, 1.54) is 0 Å². The van der Waals surface area contributed by atoms with E-state index < -0.39 is 29.8 Å². The van der Waals surface area contributed by atoms with Crippen molar-refractivity contribution in [3.63, 3.8) is 0 Å². The van der Waals surface area contributed by atoms with Gasteiger partial charge in [0.15, 0.2) is 0 Å². The Balaban J connectivity index is 0.000000163. The summed E-state index contributed by atoms with van der Waals surface area (Å²) in [5, 5.41) is 2.46. The van der Waals surface area contributed by atoms with Gasteiger partial charge in [-0.1, -0.05) is 364 Å². The number of hydrogen-bond donors (Lipinski definition) is 0. The molecular weight excluding hydrogens is 1740 g/mol. The van der Waals surface area contributed by atoms with Crippen LogP contribution in [0, 0.1) is 0 Å². The summed E-state index contributed by atoms with van der Waals surface area (Å²) >= 11 is 0. The van der Waals surface area contributed by atoms with E-state index in [1.54, 1.807) is 0 Å². The molecule has 0 N–H and O–H groups in total. The molecule has 20 aromatic rings. The first-order valence-corrected chi connectivity index (χ1v) is 51.9. The molecule has 0 saturated heterocycles. The molecule has 20 aromatic carbocycles. The maximum absolute atomic E-state index is 18.2. The van der Waals surface area contributed by atoms with Crippen molar-refractivity contribution in [3.8, 4) is 66.8 Å². The summed E-state index contributed by atoms with van der Waals surface area (Å²) in [5.41, 5.74) is 24.1. The largest absolute Gasteiger partial charge is 0.302 e. The minimum atomic E-state index is -4.10. The topological polar surface area (TPSA) is 94.2 Å². The number of rotatable bonds is 18. The Hall–Kier alpha value is -16.3. The van der Waals surface area contributed by atoms with Crippen molar-refractivity contribution in [2.75, 3.05) is 37.4 Å². The minimum absolute atomic E-state index is 0.595. The maximum Gasteiger partial charge on any atom is 0.302 e. The molecule has 0 bridgehead atoms. The van der Waals surface area contributed by atoms with Crippen molar-refractivity contribution < 1.29 is 18.3 Å². The van der Waals surface area contributed by atoms with Crippen LogP contribution in [0.4, 0.5) is 91.0 Å². The second-order valence-corrected chi connectivity index (χ2v) is 43.2. The lowest BCUT2D eigenvalue weighted by molar-refractivity contribution is 0.581. The molecule has 0 atom stereocenters. The van der Waals surface area contributed by atoms with Gasteiger partial charge in [0.05, 0.1) is 89.5 Å². The zero-order valence-corrected chi connectivity index (χ0v) is 77.4. The second-order valence-electron chi connectivity index (χ2n) is 33.7. The summed E-state index contributed by atoms with van der Waals surface area (Å²) in [6.45, 7) is 0. The molecule has 652 valence electrons. The second kappa shape index (κ2) is 35.4. The number of fused-ring (bicyclic) bond motifs is 4. The molecule has 0 unspecified atom stereocenters. The molecule has 4 heterocycles. The molecule has 0 spiro atoms. The molecule has 4 aliphatic heterocycles. The van der Waals surface area contributed by atoms with Crippen molar-refractivity contribution in [1.29, 1.82) is 0 Å². The molecule has 0 aromatic heterocycles. The Kier molecular flexibility index (Phi) is 21.8. The average molecular weight is 1830 g/mol. The Morgan fingerprint density at radius 1 is 0.118 bits per heavy atom. The highest BCUT2D eigenvalue weighted by atomic mass is 31.2. The van der Waals surface area contributed by atoms with Gasteiger partial charge < -0.3 is 0 Å². The first kappa shape index (κ1) is 84.0. The van der Waals surface area contributed by atoms with Crippen LogP contribution < -0.4 is 58.6 Å². The van der Waals surface area contributed by atoms with Crippen molar-refractivity contribution in [2.24, 2.45) is 0 Å². The van der Waals surface area contributed by atoms with Gasteiger partial charge in [0.25, 0.3) is 0 Å². The summed E-state index contributed by atoms with van der Waals surface area (Å²) in [5.74, 6) is 0. The molecule has 0 aliphatic carbocycles. The summed E-state index contributed by atoms with van der Waals surface area (Å²) in [6.07, 6.45) is 0. The van der Waals surface area contributed by atoms with E-state index in [-0.39, 0.29) is 0 Å². The van der Waals surface area contributed by atoms with Crippen LogP contribution in [0.15, 0.2) is 534 Å². The lowest BCUT2D eigenvalue weighted by Crippen LogP contribution is -2.31. The Labute approximate surface area is 792 Å². The Morgan fingerprint density at radius 2 is 0.250 bits per heavy atom. The Bertz CT molecular complexity index is 7250. The van der Waals surface area contributed by atoms with Gasteiger partial charge >= 0.3 is 29.8 Å². The predicted molar refractivity (Wildman–Crippen MR) is 569 cm³/mol. The number of anilines is 16. The van der Waals surface area contributed by atoms with Crippen molar-refractivity contribution >= 4 is 142 Å². The Morgan fingerprint density at radius 3 is 0.434 bits per heavy atom. The third kappa shape index (κ3) is 14.2. The van der Waals surface area contributed by atoms with Crippen LogP contribution in [0.5, 0.6) is 0 Å². The van der Waals surface area contributed by atoms with Gasteiger partial charge in [-0.2, -0.15) is 0 Å². The van der Waals surface area contributed by atoms with Gasteiger partial charge in [0.2, 0.25) is 0 Å². The quantitative estimate of drug-likeness (QED) is 0.0766. The highest BCUT2D eigenvalue weighted by Gasteiger charge is 2.56. The van der Waals surface area contributed by atoms with Gasteiger partial charge in [0.1, 0.15) is 0 Å². The van der Waals surface area contributed by atoms with E-state index in [4.69, 9.17) is 0 Å². The monoisotopic (exact) mass is 1830 g/mol. The zero-order valence-electron chi connectivity index (χ0n) is 73.8. The van der Waals surface area contributed by atoms with Crippen LogP contribution in [0.2, 0.25) is 0 Å². The minimum Gasteiger partial charge on any atom is -0.270 e. The number of nitrogens with zero attached hydrogens (tertiary/aromatic N) is 8. The lowest BCUT2D eigenvalue weighted by Gasteiger charge is -2.36. The average Bonchev–Trinajstić information content (AvgIpc) is 1.53. The molecule has 16 heteroatoms. The molecular formula is C120H88N8O4P4. The number of para-hydroxylation sites is 12. The molecule has 4 aliphatic rings. The fraction of sp³-hybridized carbons (Fsp3) is 0. The van der Waals surface area contributed by atoms with Crippen LogP contribution in [0.3, 0.4) is 0 Å². The van der Waals surface area contributed by atoms with E-state index in [9.17, 15) is 0 Å². The summed E-state index contributed by atoms with van der Waals surface area (Å²) < 4.78 is 86.6. The molecule has 24 rings (SSSR count). The first-order chi connectivity index (χ1) is 67.1. The fourth-order valence-electron chi connectivity index (χ4n) is 19.9. The van der Waals surface area contributed by atoms with Crippen LogP contribution in [0.1, 0.15) is 0 Å². The van der Waals surface area contributed by atoms with E-state index in [0.29, 0.717) is 32.3 Å². The van der Waals surface area contributed by atoms with E-state index in [0.717, 1.165) is 147 Å². The first-order valence-electron chi connectivity index (χ1n) is 45.5.